The van der Waals surface area contributed by atoms with Crippen LogP contribution < -0.4 is 5.32 Å². The summed E-state index contributed by atoms with van der Waals surface area (Å²) in [6, 6.07) is 0. The normalized spacial score (nSPS) is 11.3. The molecule has 2 heteroatoms. The number of Topliss-reactive ketones (excluding diaryl/α,β-unsaturated/α-hetero) is 1. The molecule has 132 valence electrons. The van der Waals surface area contributed by atoms with E-state index in [0.29, 0.717) is 5.78 Å². The zero-order chi connectivity index (χ0) is 16.5. The van der Waals surface area contributed by atoms with Gasteiger partial charge in [-0.1, -0.05) is 78.6 Å². The Bertz CT molecular complexity index is 238. The summed E-state index contributed by atoms with van der Waals surface area (Å²) < 4.78 is 0. The average molecular weight is 312 g/mol. The lowest BCUT2D eigenvalue weighted by Gasteiger charge is -2.06. The van der Waals surface area contributed by atoms with Crippen molar-refractivity contribution in [3.8, 4) is 0 Å². The molecule has 0 aromatic heterocycles. The maximum atomic E-state index is 11.5. The van der Waals surface area contributed by atoms with Crippen molar-refractivity contribution in [2.24, 2.45) is 5.92 Å². The summed E-state index contributed by atoms with van der Waals surface area (Å²) in [6.45, 7) is 8.65. The molecule has 0 aliphatic carbocycles. The molecule has 0 saturated carbocycles. The SMILES string of the molecule is CCCCCCCCNCCCCCCCCC(=O)C(C)C. The van der Waals surface area contributed by atoms with Crippen molar-refractivity contribution < 1.29 is 4.79 Å². The van der Waals surface area contributed by atoms with Gasteiger partial charge in [-0.05, 0) is 32.4 Å². The number of hydrogen-bond donors (Lipinski definition) is 1. The fourth-order valence-corrected chi connectivity index (χ4v) is 2.70. The molecule has 0 aliphatic rings. The topological polar surface area (TPSA) is 29.1 Å². The molecule has 22 heavy (non-hydrogen) atoms. The maximum Gasteiger partial charge on any atom is 0.135 e. The van der Waals surface area contributed by atoms with Crippen LogP contribution in [0.15, 0.2) is 0 Å². The Kier molecular flexibility index (Phi) is 16.7. The van der Waals surface area contributed by atoms with Crippen molar-refractivity contribution in [3.63, 3.8) is 0 Å². The summed E-state index contributed by atoms with van der Waals surface area (Å²) in [7, 11) is 0. The Morgan fingerprint density at radius 1 is 0.727 bits per heavy atom. The molecular formula is C20H41NO. The second-order valence-electron chi connectivity index (χ2n) is 7.01. The highest BCUT2D eigenvalue weighted by Crippen LogP contribution is 2.09. The molecule has 0 aromatic carbocycles. The molecule has 0 aliphatic heterocycles. The van der Waals surface area contributed by atoms with Crippen molar-refractivity contribution in [1.29, 1.82) is 0 Å². The Morgan fingerprint density at radius 2 is 1.18 bits per heavy atom. The van der Waals surface area contributed by atoms with Crippen molar-refractivity contribution in [2.75, 3.05) is 13.1 Å². The molecule has 0 atom stereocenters. The lowest BCUT2D eigenvalue weighted by Crippen LogP contribution is -2.16. The summed E-state index contributed by atoms with van der Waals surface area (Å²) in [6.07, 6.45) is 16.7. The zero-order valence-electron chi connectivity index (χ0n) is 15.6. The van der Waals surface area contributed by atoms with Gasteiger partial charge in [0.15, 0.2) is 0 Å². The summed E-state index contributed by atoms with van der Waals surface area (Å²) in [5.74, 6) is 0.650. The molecule has 0 aromatic rings. The fourth-order valence-electron chi connectivity index (χ4n) is 2.70. The van der Waals surface area contributed by atoms with Crippen LogP contribution in [0.5, 0.6) is 0 Å². The van der Waals surface area contributed by atoms with Crippen LogP contribution in [-0.4, -0.2) is 18.9 Å². The average Bonchev–Trinajstić information content (AvgIpc) is 2.50. The van der Waals surface area contributed by atoms with E-state index in [1.165, 1.54) is 83.7 Å². The number of carbonyl (C=O) groups is 1. The van der Waals surface area contributed by atoms with E-state index in [1.54, 1.807) is 0 Å². The molecule has 0 rings (SSSR count). The summed E-state index contributed by atoms with van der Waals surface area (Å²) >= 11 is 0. The van der Waals surface area contributed by atoms with E-state index in [2.05, 4.69) is 12.2 Å². The number of ketones is 1. The number of unbranched alkanes of at least 4 members (excludes halogenated alkanes) is 10. The van der Waals surface area contributed by atoms with Crippen LogP contribution in [-0.2, 0) is 4.79 Å². The van der Waals surface area contributed by atoms with Crippen LogP contribution in [0.1, 0.15) is 104 Å². The third kappa shape index (κ3) is 16.0. The van der Waals surface area contributed by atoms with Gasteiger partial charge in [0.2, 0.25) is 0 Å². The van der Waals surface area contributed by atoms with Crippen LogP contribution >= 0.6 is 0 Å². The van der Waals surface area contributed by atoms with Gasteiger partial charge in [0.05, 0.1) is 0 Å². The first-order valence-electron chi connectivity index (χ1n) is 9.92. The summed E-state index contributed by atoms with van der Waals surface area (Å²) in [5.41, 5.74) is 0. The zero-order valence-corrected chi connectivity index (χ0v) is 15.6. The Morgan fingerprint density at radius 3 is 1.68 bits per heavy atom. The molecule has 1 N–H and O–H groups in total. The van der Waals surface area contributed by atoms with E-state index in [4.69, 9.17) is 0 Å². The van der Waals surface area contributed by atoms with Gasteiger partial charge >= 0.3 is 0 Å². The first kappa shape index (κ1) is 21.6. The second-order valence-corrected chi connectivity index (χ2v) is 7.01. The third-order valence-corrected chi connectivity index (χ3v) is 4.38. The first-order chi connectivity index (χ1) is 10.7. The van der Waals surface area contributed by atoms with E-state index in [0.717, 1.165) is 12.8 Å². The van der Waals surface area contributed by atoms with Crippen LogP contribution in [0.25, 0.3) is 0 Å². The van der Waals surface area contributed by atoms with Crippen molar-refractivity contribution in [3.05, 3.63) is 0 Å². The van der Waals surface area contributed by atoms with Crippen LogP contribution in [0.4, 0.5) is 0 Å². The Balaban J connectivity index is 3.04. The summed E-state index contributed by atoms with van der Waals surface area (Å²) in [5, 5.41) is 3.56. The largest absolute Gasteiger partial charge is 0.317 e. The number of rotatable bonds is 17. The first-order valence-corrected chi connectivity index (χ1v) is 9.92. The highest BCUT2D eigenvalue weighted by atomic mass is 16.1. The lowest BCUT2D eigenvalue weighted by molar-refractivity contribution is -0.122. The highest BCUT2D eigenvalue weighted by molar-refractivity contribution is 5.80. The van der Waals surface area contributed by atoms with E-state index < -0.39 is 0 Å². The molecular weight excluding hydrogens is 270 g/mol. The van der Waals surface area contributed by atoms with Crippen molar-refractivity contribution >= 4 is 5.78 Å². The number of hydrogen-bond acceptors (Lipinski definition) is 2. The molecule has 0 bridgehead atoms. The fraction of sp³-hybridized carbons (Fsp3) is 0.950. The van der Waals surface area contributed by atoms with Gasteiger partial charge in [-0.2, -0.15) is 0 Å². The van der Waals surface area contributed by atoms with Crippen molar-refractivity contribution in [2.45, 2.75) is 104 Å². The predicted molar refractivity (Wildman–Crippen MR) is 98.4 cm³/mol. The van der Waals surface area contributed by atoms with Crippen LogP contribution in [0, 0.1) is 5.92 Å². The van der Waals surface area contributed by atoms with Gasteiger partial charge in [-0.3, -0.25) is 4.79 Å². The molecule has 0 spiro atoms. The molecule has 2 nitrogen and oxygen atoms in total. The predicted octanol–water partition coefficient (Wildman–Crippen LogP) is 5.89. The molecule has 0 saturated heterocycles. The minimum absolute atomic E-state index is 0.220. The Hall–Kier alpha value is -0.370. The second kappa shape index (κ2) is 17.0. The lowest BCUT2D eigenvalue weighted by atomic mass is 10.0. The van der Waals surface area contributed by atoms with E-state index >= 15 is 0 Å². The van der Waals surface area contributed by atoms with Gasteiger partial charge in [0.1, 0.15) is 5.78 Å². The molecule has 0 radical (unpaired) electrons. The van der Waals surface area contributed by atoms with Gasteiger partial charge in [0, 0.05) is 12.3 Å². The smallest absolute Gasteiger partial charge is 0.135 e. The quantitative estimate of drug-likeness (QED) is 0.339. The maximum absolute atomic E-state index is 11.5. The monoisotopic (exact) mass is 311 g/mol. The van der Waals surface area contributed by atoms with Gasteiger partial charge in [0.25, 0.3) is 0 Å². The Labute approximate surface area is 139 Å². The molecule has 0 heterocycles. The molecule has 0 amide bonds. The summed E-state index contributed by atoms with van der Waals surface area (Å²) in [4.78, 5) is 11.5. The number of carbonyl (C=O) groups excluding carboxylic acids is 1. The van der Waals surface area contributed by atoms with E-state index in [1.807, 2.05) is 13.8 Å². The van der Waals surface area contributed by atoms with E-state index in [9.17, 15) is 4.79 Å². The highest BCUT2D eigenvalue weighted by Gasteiger charge is 2.05. The molecule has 0 unspecified atom stereocenters. The molecule has 0 fully saturated rings. The van der Waals surface area contributed by atoms with E-state index in [-0.39, 0.29) is 5.92 Å². The van der Waals surface area contributed by atoms with Gasteiger partial charge in [-0.15, -0.1) is 0 Å². The standard InChI is InChI=1S/C20H41NO/c1-4-5-6-7-11-14-17-21-18-15-12-9-8-10-13-16-20(22)19(2)3/h19,21H,4-18H2,1-3H3. The third-order valence-electron chi connectivity index (χ3n) is 4.38. The minimum atomic E-state index is 0.220. The van der Waals surface area contributed by atoms with Crippen molar-refractivity contribution in [1.82, 2.24) is 5.32 Å². The van der Waals surface area contributed by atoms with Gasteiger partial charge < -0.3 is 5.32 Å². The van der Waals surface area contributed by atoms with Gasteiger partial charge in [-0.25, -0.2) is 0 Å². The minimum Gasteiger partial charge on any atom is -0.317 e. The number of nitrogens with one attached hydrogen (secondary N) is 1. The van der Waals surface area contributed by atoms with Crippen LogP contribution in [0.3, 0.4) is 0 Å². The van der Waals surface area contributed by atoms with Crippen LogP contribution in [0.2, 0.25) is 0 Å².